The summed E-state index contributed by atoms with van der Waals surface area (Å²) in [5.41, 5.74) is 0.237. The average molecular weight is 364 g/mol. The number of benzene rings is 1. The summed E-state index contributed by atoms with van der Waals surface area (Å²) in [5.74, 6) is -3.57. The summed E-state index contributed by atoms with van der Waals surface area (Å²) in [6.07, 6.45) is 2.87. The van der Waals surface area contributed by atoms with Gasteiger partial charge >= 0.3 is 5.97 Å². The summed E-state index contributed by atoms with van der Waals surface area (Å²) < 4.78 is 47.0. The zero-order valence-electron chi connectivity index (χ0n) is 14.0. The number of carbonyl (C=O) groups excluding carboxylic acids is 1. The topological polar surface area (TPSA) is 68.5 Å². The van der Waals surface area contributed by atoms with Crippen LogP contribution >= 0.6 is 0 Å². The maximum Gasteiger partial charge on any atom is 0.343 e. The molecule has 0 saturated carbocycles. The molecule has 2 aromatic heterocycles. The Morgan fingerprint density at radius 1 is 1.35 bits per heavy atom. The van der Waals surface area contributed by atoms with Crippen molar-refractivity contribution in [3.63, 3.8) is 0 Å². The molecule has 136 valence electrons. The fourth-order valence-corrected chi connectivity index (χ4v) is 2.49. The quantitative estimate of drug-likeness (QED) is 0.554. The van der Waals surface area contributed by atoms with Crippen molar-refractivity contribution in [3.8, 4) is 0 Å². The van der Waals surface area contributed by atoms with Crippen molar-refractivity contribution in [3.05, 3.63) is 59.2 Å². The lowest BCUT2D eigenvalue weighted by Gasteiger charge is -2.16. The van der Waals surface area contributed by atoms with Gasteiger partial charge in [-0.15, -0.1) is 0 Å². The Labute approximate surface area is 146 Å². The molecule has 3 rings (SSSR count). The fourth-order valence-electron chi connectivity index (χ4n) is 2.49. The number of aromatic nitrogens is 3. The number of anilines is 1. The minimum atomic E-state index is -1.27. The van der Waals surface area contributed by atoms with E-state index < -0.39 is 29.5 Å². The van der Waals surface area contributed by atoms with Gasteiger partial charge in [0.05, 0.1) is 18.8 Å². The molecule has 0 saturated heterocycles. The molecule has 0 spiro atoms. The van der Waals surface area contributed by atoms with Crippen LogP contribution in [-0.2, 0) is 4.74 Å². The Kier molecular flexibility index (Phi) is 4.79. The molecule has 2 heterocycles. The highest BCUT2D eigenvalue weighted by atomic mass is 19.2. The van der Waals surface area contributed by atoms with E-state index >= 15 is 0 Å². The SMILES string of the molecule is CCOC(=O)c1cnn2ccc(N[C@H](C)c3cc(F)cc(F)c3F)nc12. The van der Waals surface area contributed by atoms with Gasteiger partial charge in [0, 0.05) is 17.8 Å². The van der Waals surface area contributed by atoms with Crippen molar-refractivity contribution in [2.45, 2.75) is 19.9 Å². The smallest absolute Gasteiger partial charge is 0.343 e. The second-order valence-corrected chi connectivity index (χ2v) is 5.52. The molecule has 1 N–H and O–H groups in total. The van der Waals surface area contributed by atoms with Crippen molar-refractivity contribution in [2.75, 3.05) is 11.9 Å². The van der Waals surface area contributed by atoms with E-state index in [9.17, 15) is 18.0 Å². The van der Waals surface area contributed by atoms with Crippen LogP contribution in [0.25, 0.3) is 5.65 Å². The Morgan fingerprint density at radius 2 is 2.12 bits per heavy atom. The van der Waals surface area contributed by atoms with Gasteiger partial charge in [0.15, 0.2) is 17.3 Å². The predicted octanol–water partition coefficient (Wildman–Crippen LogP) is 3.50. The van der Waals surface area contributed by atoms with Crippen molar-refractivity contribution in [1.29, 1.82) is 0 Å². The van der Waals surface area contributed by atoms with Crippen LogP contribution in [0, 0.1) is 17.5 Å². The van der Waals surface area contributed by atoms with Gasteiger partial charge in [-0.3, -0.25) is 0 Å². The van der Waals surface area contributed by atoms with Crippen LogP contribution in [0.4, 0.5) is 19.0 Å². The highest BCUT2D eigenvalue weighted by molar-refractivity contribution is 5.95. The van der Waals surface area contributed by atoms with Crippen LogP contribution in [0.1, 0.15) is 35.8 Å². The maximum absolute atomic E-state index is 13.9. The molecule has 9 heteroatoms. The molecular formula is C17H15F3N4O2. The van der Waals surface area contributed by atoms with Crippen molar-refractivity contribution >= 4 is 17.4 Å². The predicted molar refractivity (Wildman–Crippen MR) is 87.3 cm³/mol. The van der Waals surface area contributed by atoms with Crippen LogP contribution in [-0.4, -0.2) is 27.2 Å². The zero-order chi connectivity index (χ0) is 18.8. The third-order valence-electron chi connectivity index (χ3n) is 3.72. The Morgan fingerprint density at radius 3 is 2.85 bits per heavy atom. The van der Waals surface area contributed by atoms with E-state index in [4.69, 9.17) is 4.74 Å². The van der Waals surface area contributed by atoms with E-state index in [1.807, 2.05) is 0 Å². The lowest BCUT2D eigenvalue weighted by atomic mass is 10.1. The van der Waals surface area contributed by atoms with E-state index in [-0.39, 0.29) is 29.2 Å². The number of hydrogen-bond donors (Lipinski definition) is 1. The molecule has 0 bridgehead atoms. The lowest BCUT2D eigenvalue weighted by molar-refractivity contribution is 0.0528. The molecule has 0 aliphatic rings. The largest absolute Gasteiger partial charge is 0.462 e. The number of carbonyl (C=O) groups is 1. The highest BCUT2D eigenvalue weighted by Crippen LogP contribution is 2.24. The molecule has 1 aromatic carbocycles. The summed E-state index contributed by atoms with van der Waals surface area (Å²) in [7, 11) is 0. The molecule has 0 aliphatic carbocycles. The molecule has 1 atom stereocenters. The van der Waals surface area contributed by atoms with E-state index in [0.29, 0.717) is 6.07 Å². The monoisotopic (exact) mass is 364 g/mol. The van der Waals surface area contributed by atoms with E-state index in [1.54, 1.807) is 19.2 Å². The van der Waals surface area contributed by atoms with Gasteiger partial charge in [-0.05, 0) is 26.0 Å². The molecule has 0 amide bonds. The first-order chi connectivity index (χ1) is 12.4. The minimum Gasteiger partial charge on any atom is -0.462 e. The van der Waals surface area contributed by atoms with Crippen LogP contribution in [0.15, 0.2) is 30.6 Å². The number of fused-ring (bicyclic) bond motifs is 1. The van der Waals surface area contributed by atoms with Crippen LogP contribution in [0.5, 0.6) is 0 Å². The molecule has 3 aromatic rings. The molecule has 6 nitrogen and oxygen atoms in total. The summed E-state index contributed by atoms with van der Waals surface area (Å²) in [5, 5.41) is 6.86. The Bertz CT molecular complexity index is 974. The molecule has 0 unspecified atom stereocenters. The number of nitrogens with zero attached hydrogens (tertiary/aromatic N) is 3. The van der Waals surface area contributed by atoms with Gasteiger partial charge in [0.25, 0.3) is 0 Å². The third-order valence-corrected chi connectivity index (χ3v) is 3.72. The van der Waals surface area contributed by atoms with Crippen molar-refractivity contribution in [1.82, 2.24) is 14.6 Å². The van der Waals surface area contributed by atoms with E-state index in [1.165, 1.54) is 17.6 Å². The lowest BCUT2D eigenvalue weighted by Crippen LogP contribution is -2.12. The first-order valence-corrected chi connectivity index (χ1v) is 7.83. The standard InChI is InChI=1S/C17H15F3N4O2/c1-3-26-17(25)12-8-21-24-5-4-14(23-16(12)24)22-9(2)11-6-10(18)7-13(19)15(11)20/h4-9H,3H2,1-2H3,(H,22,23)/t9-/m1/s1. The summed E-state index contributed by atoms with van der Waals surface area (Å²) in [4.78, 5) is 16.2. The van der Waals surface area contributed by atoms with Gasteiger partial charge in [-0.25, -0.2) is 27.5 Å². The second kappa shape index (κ2) is 7.03. The van der Waals surface area contributed by atoms with Gasteiger partial charge in [0.1, 0.15) is 17.2 Å². The normalized spacial score (nSPS) is 12.2. The molecule has 26 heavy (non-hydrogen) atoms. The van der Waals surface area contributed by atoms with Crippen molar-refractivity contribution < 1.29 is 22.7 Å². The number of ether oxygens (including phenoxy) is 1. The highest BCUT2D eigenvalue weighted by Gasteiger charge is 2.19. The summed E-state index contributed by atoms with van der Waals surface area (Å²) in [6.45, 7) is 3.42. The molecule has 0 aliphatic heterocycles. The first kappa shape index (κ1) is 17.7. The third kappa shape index (κ3) is 3.32. The Hall–Kier alpha value is -3.10. The van der Waals surface area contributed by atoms with E-state index in [2.05, 4.69) is 15.4 Å². The van der Waals surface area contributed by atoms with Gasteiger partial charge in [-0.2, -0.15) is 5.10 Å². The Balaban J connectivity index is 1.91. The first-order valence-electron chi connectivity index (χ1n) is 7.83. The number of rotatable bonds is 5. The van der Waals surface area contributed by atoms with Crippen LogP contribution < -0.4 is 5.32 Å². The van der Waals surface area contributed by atoms with E-state index in [0.717, 1.165) is 6.07 Å². The van der Waals surface area contributed by atoms with Gasteiger partial charge < -0.3 is 10.1 Å². The maximum atomic E-state index is 13.9. The van der Waals surface area contributed by atoms with Gasteiger partial charge in [0.2, 0.25) is 0 Å². The molecule has 0 fully saturated rings. The van der Waals surface area contributed by atoms with Gasteiger partial charge in [-0.1, -0.05) is 0 Å². The molecular weight excluding hydrogens is 349 g/mol. The zero-order valence-corrected chi connectivity index (χ0v) is 14.0. The number of hydrogen-bond acceptors (Lipinski definition) is 5. The minimum absolute atomic E-state index is 0.172. The second-order valence-electron chi connectivity index (χ2n) is 5.52. The van der Waals surface area contributed by atoms with Crippen LogP contribution in [0.2, 0.25) is 0 Å². The molecule has 0 radical (unpaired) electrons. The number of esters is 1. The summed E-state index contributed by atoms with van der Waals surface area (Å²) in [6, 6.07) is 2.16. The average Bonchev–Trinajstić information content (AvgIpc) is 3.01. The number of nitrogens with one attached hydrogen (secondary N) is 1. The van der Waals surface area contributed by atoms with Crippen LogP contribution in [0.3, 0.4) is 0 Å². The fraction of sp³-hybridized carbons (Fsp3) is 0.235. The van der Waals surface area contributed by atoms with Crippen molar-refractivity contribution in [2.24, 2.45) is 0 Å². The number of halogens is 3. The summed E-state index contributed by atoms with van der Waals surface area (Å²) >= 11 is 0.